The maximum Gasteiger partial charge on any atom is 0.309 e. The summed E-state index contributed by atoms with van der Waals surface area (Å²) >= 11 is 1.95. The van der Waals surface area contributed by atoms with Crippen molar-refractivity contribution >= 4 is 17.7 Å². The molecule has 0 aliphatic carbocycles. The molecule has 0 atom stereocenters. The number of hydrogen-bond acceptors (Lipinski definition) is 4. The zero-order valence-electron chi connectivity index (χ0n) is 16.0. The highest BCUT2D eigenvalue weighted by Crippen LogP contribution is 2.46. The number of carboxylic acids is 1. The van der Waals surface area contributed by atoms with Gasteiger partial charge in [-0.2, -0.15) is 5.10 Å². The van der Waals surface area contributed by atoms with E-state index >= 15 is 0 Å². The second-order valence-corrected chi connectivity index (χ2v) is 8.12. The van der Waals surface area contributed by atoms with Crippen LogP contribution in [0.1, 0.15) is 61.2 Å². The molecule has 0 spiro atoms. The third-order valence-electron chi connectivity index (χ3n) is 5.47. The first-order chi connectivity index (χ1) is 13.0. The van der Waals surface area contributed by atoms with E-state index in [4.69, 9.17) is 5.11 Å². The summed E-state index contributed by atoms with van der Waals surface area (Å²) in [4.78, 5) is 12.1. The van der Waals surface area contributed by atoms with Crippen molar-refractivity contribution in [3.8, 4) is 11.8 Å². The molecule has 4 nitrogen and oxygen atoms in total. The second kappa shape index (κ2) is 8.14. The molecule has 1 N–H and O–H groups in total. The van der Waals surface area contributed by atoms with E-state index in [1.54, 1.807) is 12.1 Å². The Morgan fingerprint density at radius 3 is 2.63 bits per heavy atom. The summed E-state index contributed by atoms with van der Waals surface area (Å²) in [6, 6.07) is 7.93. The smallest absolute Gasteiger partial charge is 0.309 e. The van der Waals surface area contributed by atoms with E-state index < -0.39 is 5.97 Å². The number of aliphatic carboxylic acids is 1. The first-order valence-electron chi connectivity index (χ1n) is 9.32. The van der Waals surface area contributed by atoms with Gasteiger partial charge in [0.2, 0.25) is 0 Å². The van der Waals surface area contributed by atoms with Crippen molar-refractivity contribution in [3.05, 3.63) is 52.3 Å². The van der Waals surface area contributed by atoms with Crippen LogP contribution >= 0.6 is 11.8 Å². The number of aromatic nitrogens is 2. The SMILES string of the molecule is CCC1(CC)CCSc2cc(C)c(C#Cc3ccc(CC(=O)O)nn3)cc21. The van der Waals surface area contributed by atoms with E-state index in [1.165, 1.54) is 28.2 Å². The number of aryl methyl sites for hydroxylation is 1. The van der Waals surface area contributed by atoms with Gasteiger partial charge in [0.25, 0.3) is 0 Å². The van der Waals surface area contributed by atoms with Gasteiger partial charge in [-0.1, -0.05) is 19.8 Å². The van der Waals surface area contributed by atoms with Gasteiger partial charge in [0, 0.05) is 10.5 Å². The number of carbonyl (C=O) groups is 1. The summed E-state index contributed by atoms with van der Waals surface area (Å²) in [6.07, 6.45) is 3.37. The predicted octanol–water partition coefficient (Wildman–Crippen LogP) is 4.37. The Bertz CT molecular complexity index is 906. The Hall–Kier alpha value is -2.32. The average Bonchev–Trinajstić information content (AvgIpc) is 2.66. The number of carboxylic acid groups (broad SMARTS) is 1. The van der Waals surface area contributed by atoms with Gasteiger partial charge < -0.3 is 5.11 Å². The van der Waals surface area contributed by atoms with Crippen LogP contribution in [0.25, 0.3) is 0 Å². The topological polar surface area (TPSA) is 63.1 Å². The normalized spacial score (nSPS) is 14.8. The largest absolute Gasteiger partial charge is 0.481 e. The number of thioether (sulfide) groups is 1. The van der Waals surface area contributed by atoms with Crippen LogP contribution in [0.4, 0.5) is 0 Å². The van der Waals surface area contributed by atoms with E-state index in [-0.39, 0.29) is 11.8 Å². The Kier molecular flexibility index (Phi) is 5.86. The summed E-state index contributed by atoms with van der Waals surface area (Å²) < 4.78 is 0. The molecule has 1 aromatic heterocycles. The maximum atomic E-state index is 10.7. The zero-order chi connectivity index (χ0) is 19.4. The molecule has 0 radical (unpaired) electrons. The molecule has 0 unspecified atom stereocenters. The van der Waals surface area contributed by atoms with Crippen LogP contribution in [-0.4, -0.2) is 27.0 Å². The molecule has 5 heteroatoms. The molecule has 0 fully saturated rings. The highest BCUT2D eigenvalue weighted by molar-refractivity contribution is 7.99. The minimum atomic E-state index is -0.916. The van der Waals surface area contributed by atoms with Crippen LogP contribution in [0.2, 0.25) is 0 Å². The molecule has 1 aromatic carbocycles. The molecule has 3 rings (SSSR count). The van der Waals surface area contributed by atoms with Gasteiger partial charge in [-0.15, -0.1) is 16.9 Å². The minimum Gasteiger partial charge on any atom is -0.481 e. The third-order valence-corrected chi connectivity index (χ3v) is 6.52. The molecule has 0 bridgehead atoms. The summed E-state index contributed by atoms with van der Waals surface area (Å²) in [6.45, 7) is 6.66. The predicted molar refractivity (Wildman–Crippen MR) is 108 cm³/mol. The van der Waals surface area contributed by atoms with Crippen LogP contribution < -0.4 is 0 Å². The Morgan fingerprint density at radius 2 is 2.00 bits per heavy atom. The van der Waals surface area contributed by atoms with Crippen molar-refractivity contribution in [2.45, 2.75) is 56.8 Å². The van der Waals surface area contributed by atoms with Crippen LogP contribution in [0.15, 0.2) is 29.2 Å². The van der Waals surface area contributed by atoms with Crippen molar-refractivity contribution < 1.29 is 9.90 Å². The molecule has 1 aliphatic heterocycles. The van der Waals surface area contributed by atoms with Crippen LogP contribution in [0, 0.1) is 18.8 Å². The fourth-order valence-electron chi connectivity index (χ4n) is 3.63. The Morgan fingerprint density at radius 1 is 1.22 bits per heavy atom. The standard InChI is InChI=1S/C22H24N2O2S/c1-4-22(5-2)10-11-27-20-12-15(3)16(13-19(20)22)6-7-17-8-9-18(24-23-17)14-21(25)26/h8-9,12-13H,4-5,10-11,14H2,1-3H3,(H,25,26). The lowest BCUT2D eigenvalue weighted by atomic mass is 9.73. The van der Waals surface area contributed by atoms with Crippen LogP contribution in [0.5, 0.6) is 0 Å². The quantitative estimate of drug-likeness (QED) is 0.798. The molecule has 140 valence electrons. The van der Waals surface area contributed by atoms with Gasteiger partial charge in [-0.3, -0.25) is 4.79 Å². The summed E-state index contributed by atoms with van der Waals surface area (Å²) in [7, 11) is 0. The van der Waals surface area contributed by atoms with Gasteiger partial charge in [-0.05, 0) is 78.7 Å². The lowest BCUT2D eigenvalue weighted by Gasteiger charge is -2.38. The highest BCUT2D eigenvalue weighted by atomic mass is 32.2. The second-order valence-electron chi connectivity index (χ2n) is 6.98. The van der Waals surface area contributed by atoms with Crippen molar-refractivity contribution in [1.82, 2.24) is 10.2 Å². The first kappa shape index (κ1) is 19.4. The lowest BCUT2D eigenvalue weighted by Crippen LogP contribution is -2.29. The highest BCUT2D eigenvalue weighted by Gasteiger charge is 2.34. The molecule has 0 saturated carbocycles. The van der Waals surface area contributed by atoms with Gasteiger partial charge in [0.1, 0.15) is 5.69 Å². The first-order valence-corrected chi connectivity index (χ1v) is 10.3. The number of rotatable bonds is 4. The molecule has 1 aliphatic rings. The summed E-state index contributed by atoms with van der Waals surface area (Å²) in [5.74, 6) is 6.58. The minimum absolute atomic E-state index is 0.127. The Labute approximate surface area is 164 Å². The molecule has 0 amide bonds. The van der Waals surface area contributed by atoms with Crippen molar-refractivity contribution in [2.75, 3.05) is 5.75 Å². The van der Waals surface area contributed by atoms with Crippen molar-refractivity contribution in [2.24, 2.45) is 0 Å². The van der Waals surface area contributed by atoms with Gasteiger partial charge in [0.15, 0.2) is 0 Å². The fourth-order valence-corrected chi connectivity index (χ4v) is 5.04. The number of hydrogen-bond donors (Lipinski definition) is 1. The molecular weight excluding hydrogens is 356 g/mol. The Balaban J connectivity index is 1.93. The van der Waals surface area contributed by atoms with Gasteiger partial charge in [-0.25, -0.2) is 0 Å². The molecule has 0 saturated heterocycles. The zero-order valence-corrected chi connectivity index (χ0v) is 16.8. The van der Waals surface area contributed by atoms with Crippen molar-refractivity contribution in [1.29, 1.82) is 0 Å². The lowest BCUT2D eigenvalue weighted by molar-refractivity contribution is -0.136. The van der Waals surface area contributed by atoms with Gasteiger partial charge >= 0.3 is 5.97 Å². The maximum absolute atomic E-state index is 10.7. The van der Waals surface area contributed by atoms with E-state index in [2.05, 4.69) is 54.9 Å². The van der Waals surface area contributed by atoms with Gasteiger partial charge in [0.05, 0.1) is 12.1 Å². The van der Waals surface area contributed by atoms with Crippen molar-refractivity contribution in [3.63, 3.8) is 0 Å². The molecule has 27 heavy (non-hydrogen) atoms. The number of benzene rings is 1. The van der Waals surface area contributed by atoms with Crippen LogP contribution in [-0.2, 0) is 16.6 Å². The van der Waals surface area contributed by atoms with E-state index in [9.17, 15) is 4.79 Å². The van der Waals surface area contributed by atoms with E-state index in [0.29, 0.717) is 11.4 Å². The molecule has 2 heterocycles. The van der Waals surface area contributed by atoms with Crippen LogP contribution in [0.3, 0.4) is 0 Å². The van der Waals surface area contributed by atoms with E-state index in [1.807, 2.05) is 11.8 Å². The monoisotopic (exact) mass is 380 g/mol. The average molecular weight is 381 g/mol. The third kappa shape index (κ3) is 4.17. The summed E-state index contributed by atoms with van der Waals surface area (Å²) in [5, 5.41) is 16.8. The van der Waals surface area contributed by atoms with E-state index in [0.717, 1.165) is 18.4 Å². The molecular formula is C22H24N2O2S. The number of nitrogens with zero attached hydrogens (tertiary/aromatic N) is 2. The fraction of sp³-hybridized carbons (Fsp3) is 0.409. The number of fused-ring (bicyclic) bond motifs is 1. The summed E-state index contributed by atoms with van der Waals surface area (Å²) in [5.41, 5.74) is 4.87. The molecule has 2 aromatic rings.